The fourth-order valence-electron chi connectivity index (χ4n) is 1.35. The zero-order chi connectivity index (χ0) is 11.3. The van der Waals surface area contributed by atoms with Gasteiger partial charge in [0.1, 0.15) is 4.88 Å². The van der Waals surface area contributed by atoms with Gasteiger partial charge in [0.2, 0.25) is 0 Å². The van der Waals surface area contributed by atoms with Gasteiger partial charge in [-0.15, -0.1) is 11.3 Å². The Bertz CT molecular complexity index is 336. The quantitative estimate of drug-likeness (QED) is 0.728. The molecule has 0 aliphatic heterocycles. The van der Waals surface area contributed by atoms with Gasteiger partial charge in [-0.25, -0.2) is 9.78 Å². The molecular formula is C10H16N2O2S. The maximum atomic E-state index is 10.8. The van der Waals surface area contributed by atoms with E-state index in [1.54, 1.807) is 6.92 Å². The van der Waals surface area contributed by atoms with E-state index in [2.05, 4.69) is 4.98 Å². The minimum absolute atomic E-state index is 0.365. The number of nitrogens with zero attached hydrogens (tertiary/aromatic N) is 1. The number of aryl methyl sites for hydroxylation is 2. The van der Waals surface area contributed by atoms with E-state index in [1.165, 1.54) is 11.3 Å². The summed E-state index contributed by atoms with van der Waals surface area (Å²) in [5, 5.41) is 9.76. The van der Waals surface area contributed by atoms with Gasteiger partial charge >= 0.3 is 5.97 Å². The lowest BCUT2D eigenvalue weighted by atomic mass is 10.2. The predicted octanol–water partition coefficient (Wildman–Crippen LogP) is 1.82. The molecule has 1 aromatic heterocycles. The Morgan fingerprint density at radius 3 is 2.73 bits per heavy atom. The third-order valence-corrected chi connectivity index (χ3v) is 3.34. The fraction of sp³-hybridized carbons (Fsp3) is 0.600. The Morgan fingerprint density at radius 1 is 1.47 bits per heavy atom. The van der Waals surface area contributed by atoms with Crippen LogP contribution in [0.2, 0.25) is 0 Å². The molecule has 0 saturated carbocycles. The van der Waals surface area contributed by atoms with Gasteiger partial charge < -0.3 is 10.8 Å². The van der Waals surface area contributed by atoms with Crippen molar-refractivity contribution < 1.29 is 9.90 Å². The van der Waals surface area contributed by atoms with Crippen molar-refractivity contribution in [3.8, 4) is 0 Å². The number of carboxylic acid groups (broad SMARTS) is 1. The summed E-state index contributed by atoms with van der Waals surface area (Å²) in [6.45, 7) is 2.46. The van der Waals surface area contributed by atoms with Crippen LogP contribution in [0.5, 0.6) is 0 Å². The first-order valence-electron chi connectivity index (χ1n) is 5.04. The molecule has 1 aromatic rings. The Morgan fingerprint density at radius 2 is 2.20 bits per heavy atom. The van der Waals surface area contributed by atoms with Crippen LogP contribution < -0.4 is 5.73 Å². The van der Waals surface area contributed by atoms with Gasteiger partial charge in [0.05, 0.1) is 10.7 Å². The lowest BCUT2D eigenvalue weighted by Crippen LogP contribution is -1.98. The summed E-state index contributed by atoms with van der Waals surface area (Å²) in [6.07, 6.45) is 4.00. The van der Waals surface area contributed by atoms with Crippen molar-refractivity contribution >= 4 is 17.3 Å². The van der Waals surface area contributed by atoms with Gasteiger partial charge in [-0.1, -0.05) is 6.42 Å². The highest BCUT2D eigenvalue weighted by Crippen LogP contribution is 2.19. The van der Waals surface area contributed by atoms with Crippen molar-refractivity contribution in [1.82, 2.24) is 4.98 Å². The van der Waals surface area contributed by atoms with Gasteiger partial charge in [-0.05, 0) is 32.7 Å². The number of aromatic carboxylic acids is 1. The summed E-state index contributed by atoms with van der Waals surface area (Å²) in [7, 11) is 0. The second-order valence-corrected chi connectivity index (χ2v) is 4.51. The number of unbranched alkanes of at least 4 members (excludes halogenated alkanes) is 2. The first-order chi connectivity index (χ1) is 7.15. The zero-order valence-electron chi connectivity index (χ0n) is 8.82. The number of rotatable bonds is 6. The molecule has 0 saturated heterocycles. The topological polar surface area (TPSA) is 76.2 Å². The highest BCUT2D eigenvalue weighted by atomic mass is 32.1. The van der Waals surface area contributed by atoms with Crippen LogP contribution in [0.1, 0.15) is 39.6 Å². The van der Waals surface area contributed by atoms with E-state index in [-0.39, 0.29) is 0 Å². The van der Waals surface area contributed by atoms with Gasteiger partial charge in [0.25, 0.3) is 0 Å². The van der Waals surface area contributed by atoms with Crippen LogP contribution in [-0.2, 0) is 6.42 Å². The lowest BCUT2D eigenvalue weighted by Gasteiger charge is -1.95. The third kappa shape index (κ3) is 3.60. The van der Waals surface area contributed by atoms with Crippen molar-refractivity contribution in [3.05, 3.63) is 15.6 Å². The molecule has 0 aromatic carbocycles. The minimum Gasteiger partial charge on any atom is -0.477 e. The molecule has 4 nitrogen and oxygen atoms in total. The Labute approximate surface area is 93.1 Å². The molecule has 0 radical (unpaired) electrons. The van der Waals surface area contributed by atoms with E-state index >= 15 is 0 Å². The summed E-state index contributed by atoms with van der Waals surface area (Å²) < 4.78 is 0. The smallest absolute Gasteiger partial charge is 0.347 e. The van der Waals surface area contributed by atoms with Crippen LogP contribution in [-0.4, -0.2) is 22.6 Å². The molecule has 0 spiro atoms. The number of nitrogens with two attached hydrogens (primary N) is 1. The molecular weight excluding hydrogens is 212 g/mol. The third-order valence-electron chi connectivity index (χ3n) is 2.13. The first-order valence-corrected chi connectivity index (χ1v) is 5.86. The molecule has 15 heavy (non-hydrogen) atoms. The number of aromatic nitrogens is 1. The summed E-state index contributed by atoms with van der Waals surface area (Å²) in [5.41, 5.74) is 6.01. The molecule has 5 heteroatoms. The van der Waals surface area contributed by atoms with Gasteiger partial charge in [0, 0.05) is 0 Å². The molecule has 1 heterocycles. The maximum Gasteiger partial charge on any atom is 0.347 e. The van der Waals surface area contributed by atoms with E-state index in [0.29, 0.717) is 10.6 Å². The highest BCUT2D eigenvalue weighted by Gasteiger charge is 2.13. The van der Waals surface area contributed by atoms with Crippen molar-refractivity contribution in [2.45, 2.75) is 32.6 Å². The largest absolute Gasteiger partial charge is 0.477 e. The monoisotopic (exact) mass is 228 g/mol. The van der Waals surface area contributed by atoms with E-state index in [9.17, 15) is 4.79 Å². The van der Waals surface area contributed by atoms with Gasteiger partial charge in [-0.2, -0.15) is 0 Å². The Kier molecular flexibility index (Phi) is 4.71. The molecule has 0 amide bonds. The van der Waals surface area contributed by atoms with Crippen LogP contribution in [0, 0.1) is 6.92 Å². The molecule has 1 rings (SSSR count). The standard InChI is InChI=1S/C10H16N2O2S/c1-7-9(10(13)14)15-8(12-7)5-3-2-4-6-11/h2-6,11H2,1H3,(H,13,14). The van der Waals surface area contributed by atoms with E-state index in [1.807, 2.05) is 0 Å². The van der Waals surface area contributed by atoms with Crippen molar-refractivity contribution in [2.24, 2.45) is 5.73 Å². The normalized spacial score (nSPS) is 10.5. The van der Waals surface area contributed by atoms with Crippen LogP contribution in [0.25, 0.3) is 0 Å². The predicted molar refractivity (Wildman–Crippen MR) is 60.4 cm³/mol. The van der Waals surface area contributed by atoms with E-state index in [0.717, 1.165) is 37.2 Å². The Hall–Kier alpha value is -0.940. The fourth-order valence-corrected chi connectivity index (χ4v) is 2.30. The van der Waals surface area contributed by atoms with Crippen molar-refractivity contribution in [1.29, 1.82) is 0 Å². The average Bonchev–Trinajstić information content (AvgIpc) is 2.55. The number of carbonyl (C=O) groups is 1. The summed E-state index contributed by atoms with van der Waals surface area (Å²) in [6, 6.07) is 0. The van der Waals surface area contributed by atoms with Crippen LogP contribution in [0.3, 0.4) is 0 Å². The SMILES string of the molecule is Cc1nc(CCCCCN)sc1C(=O)O. The number of carboxylic acids is 1. The van der Waals surface area contributed by atoms with Crippen molar-refractivity contribution in [2.75, 3.05) is 6.54 Å². The highest BCUT2D eigenvalue weighted by molar-refractivity contribution is 7.13. The van der Waals surface area contributed by atoms with Crippen LogP contribution in [0.15, 0.2) is 0 Å². The average molecular weight is 228 g/mol. The van der Waals surface area contributed by atoms with Crippen LogP contribution in [0.4, 0.5) is 0 Å². The molecule has 0 bridgehead atoms. The Balaban J connectivity index is 2.48. The zero-order valence-corrected chi connectivity index (χ0v) is 9.64. The second kappa shape index (κ2) is 5.82. The van der Waals surface area contributed by atoms with Gasteiger partial charge in [-0.3, -0.25) is 0 Å². The number of hydrogen-bond acceptors (Lipinski definition) is 4. The van der Waals surface area contributed by atoms with Crippen LogP contribution >= 0.6 is 11.3 Å². The summed E-state index contributed by atoms with van der Waals surface area (Å²) in [4.78, 5) is 15.4. The number of hydrogen-bond donors (Lipinski definition) is 2. The second-order valence-electron chi connectivity index (χ2n) is 3.43. The molecule has 0 aliphatic rings. The molecule has 84 valence electrons. The first kappa shape index (κ1) is 12.1. The van der Waals surface area contributed by atoms with E-state index in [4.69, 9.17) is 10.8 Å². The molecule has 3 N–H and O–H groups in total. The van der Waals surface area contributed by atoms with Crippen molar-refractivity contribution in [3.63, 3.8) is 0 Å². The summed E-state index contributed by atoms with van der Waals surface area (Å²) >= 11 is 1.28. The molecule has 0 aliphatic carbocycles. The molecule has 0 atom stereocenters. The molecule has 0 fully saturated rings. The molecule has 0 unspecified atom stereocenters. The maximum absolute atomic E-state index is 10.8. The minimum atomic E-state index is -0.877. The van der Waals surface area contributed by atoms with E-state index < -0.39 is 5.97 Å². The number of thiazole rings is 1. The van der Waals surface area contributed by atoms with Gasteiger partial charge in [0.15, 0.2) is 0 Å². The lowest BCUT2D eigenvalue weighted by molar-refractivity contribution is 0.0701. The summed E-state index contributed by atoms with van der Waals surface area (Å²) in [5.74, 6) is -0.877.